The zero-order valence-electron chi connectivity index (χ0n) is 12.6. The Hall–Kier alpha value is -2.65. The van der Waals surface area contributed by atoms with Crippen molar-refractivity contribution in [3.8, 4) is 18.2 Å². The van der Waals surface area contributed by atoms with E-state index in [1.165, 1.54) is 6.92 Å². The molecule has 0 radical (unpaired) electrons. The zero-order valence-corrected chi connectivity index (χ0v) is 12.6. The summed E-state index contributed by atoms with van der Waals surface area (Å²) in [5.74, 6) is -1.52. The molecule has 0 aromatic heterocycles. The van der Waals surface area contributed by atoms with Crippen molar-refractivity contribution in [2.75, 3.05) is 13.1 Å². The van der Waals surface area contributed by atoms with Crippen LogP contribution in [0.4, 0.5) is 0 Å². The summed E-state index contributed by atoms with van der Waals surface area (Å²) in [6.45, 7) is 4.16. The quantitative estimate of drug-likeness (QED) is 0.740. The van der Waals surface area contributed by atoms with Gasteiger partial charge in [-0.05, 0) is 12.0 Å². The molecule has 0 aromatic carbocycles. The van der Waals surface area contributed by atoms with E-state index >= 15 is 0 Å². The molecule has 1 fully saturated rings. The Morgan fingerprint density at radius 3 is 2.55 bits per heavy atom. The van der Waals surface area contributed by atoms with Gasteiger partial charge in [-0.25, -0.2) is 0 Å². The van der Waals surface area contributed by atoms with Crippen LogP contribution in [-0.2, 0) is 4.79 Å². The molecule has 0 aromatic rings. The lowest BCUT2D eigenvalue weighted by Crippen LogP contribution is -2.54. The highest BCUT2D eigenvalue weighted by atomic mass is 16.2. The van der Waals surface area contributed by atoms with Crippen LogP contribution in [0.25, 0.3) is 0 Å². The monoisotopic (exact) mass is 295 g/mol. The van der Waals surface area contributed by atoms with Crippen LogP contribution in [0, 0.1) is 62.6 Å². The summed E-state index contributed by atoms with van der Waals surface area (Å²) in [7, 11) is 0. The van der Waals surface area contributed by atoms with Crippen LogP contribution in [0.1, 0.15) is 20.3 Å². The average Bonchev–Trinajstić information content (AvgIpc) is 2.53. The largest absolute Gasteiger partial charge is 0.339 e. The van der Waals surface area contributed by atoms with Crippen LogP contribution in [0.15, 0.2) is 11.6 Å². The number of fused-ring (bicyclic) bond motifs is 1. The van der Waals surface area contributed by atoms with Gasteiger partial charge in [-0.3, -0.25) is 4.79 Å². The predicted octanol–water partition coefficient (Wildman–Crippen LogP) is 1.62. The van der Waals surface area contributed by atoms with Gasteiger partial charge >= 0.3 is 0 Å². The lowest BCUT2D eigenvalue weighted by Gasteiger charge is -2.47. The van der Waals surface area contributed by atoms with Crippen LogP contribution >= 0.6 is 0 Å². The Kier molecular flexibility index (Phi) is 4.02. The number of nitriles is 3. The Balaban J connectivity index is 2.60. The van der Waals surface area contributed by atoms with Crippen LogP contribution in [-0.4, -0.2) is 29.6 Å². The van der Waals surface area contributed by atoms with Crippen molar-refractivity contribution < 1.29 is 4.79 Å². The molecule has 2 rings (SSSR count). The van der Waals surface area contributed by atoms with E-state index in [-0.39, 0.29) is 23.5 Å². The number of rotatable bonds is 1. The maximum absolute atomic E-state index is 11.6. The van der Waals surface area contributed by atoms with E-state index < -0.39 is 11.3 Å². The number of carbonyl (C=O) groups excluding carboxylic acids is 1. The fraction of sp³-hybridized carbons (Fsp3) is 0.562. The zero-order chi connectivity index (χ0) is 16.5. The lowest BCUT2D eigenvalue weighted by molar-refractivity contribution is -0.129. The maximum Gasteiger partial charge on any atom is 0.219 e. The van der Waals surface area contributed by atoms with E-state index in [2.05, 4.69) is 6.07 Å². The minimum atomic E-state index is -1.59. The van der Waals surface area contributed by atoms with E-state index in [0.29, 0.717) is 19.5 Å². The topological polar surface area (TPSA) is 116 Å². The van der Waals surface area contributed by atoms with Gasteiger partial charge in [0.25, 0.3) is 0 Å². The normalized spacial score (nSPS) is 29.4. The van der Waals surface area contributed by atoms with Crippen molar-refractivity contribution in [2.45, 2.75) is 20.3 Å². The SMILES string of the molecule is CC[C@H]1[C@@H]2CN(C(C)=O)CC=C2[C@@H](C#N)C(=N)C1(C#N)C#N. The highest BCUT2D eigenvalue weighted by Gasteiger charge is 2.56. The van der Waals surface area contributed by atoms with Crippen molar-refractivity contribution in [3.63, 3.8) is 0 Å². The fourth-order valence-electron chi connectivity index (χ4n) is 3.67. The molecule has 1 heterocycles. The third-order valence-corrected chi connectivity index (χ3v) is 4.85. The molecule has 1 N–H and O–H groups in total. The van der Waals surface area contributed by atoms with E-state index in [1.807, 2.05) is 25.1 Å². The molecule has 1 amide bonds. The number of carbonyl (C=O) groups is 1. The number of hydrogen-bond donors (Lipinski definition) is 1. The second kappa shape index (κ2) is 5.62. The first-order valence-corrected chi connectivity index (χ1v) is 7.23. The van der Waals surface area contributed by atoms with Crippen LogP contribution in [0.3, 0.4) is 0 Å². The van der Waals surface area contributed by atoms with Gasteiger partial charge in [0.2, 0.25) is 5.91 Å². The summed E-state index contributed by atoms with van der Waals surface area (Å²) in [5, 5.41) is 36.8. The highest BCUT2D eigenvalue weighted by Crippen LogP contribution is 2.49. The minimum absolute atomic E-state index is 0.0705. The summed E-state index contributed by atoms with van der Waals surface area (Å²) in [6, 6.07) is 6.05. The number of nitrogens with zero attached hydrogens (tertiary/aromatic N) is 4. The summed E-state index contributed by atoms with van der Waals surface area (Å²) >= 11 is 0. The standard InChI is InChI=1S/C16H17N5O/c1-3-14-13-7-21(10(2)22)5-4-11(13)12(6-17)15(20)16(14,8-18)9-19/h4,12-14,20H,3,5,7H2,1-2H3/t12-,13-,14+/m1/s1. The molecule has 0 spiro atoms. The van der Waals surface area contributed by atoms with Crippen molar-refractivity contribution in [2.24, 2.45) is 23.2 Å². The van der Waals surface area contributed by atoms with Crippen molar-refractivity contribution in [1.29, 1.82) is 21.2 Å². The van der Waals surface area contributed by atoms with Crippen LogP contribution in [0.5, 0.6) is 0 Å². The van der Waals surface area contributed by atoms with Gasteiger partial charge in [0.15, 0.2) is 5.41 Å². The van der Waals surface area contributed by atoms with Crippen molar-refractivity contribution in [3.05, 3.63) is 11.6 Å². The first-order valence-electron chi connectivity index (χ1n) is 7.23. The van der Waals surface area contributed by atoms with Gasteiger partial charge in [-0.15, -0.1) is 0 Å². The summed E-state index contributed by atoms with van der Waals surface area (Å²) in [6.07, 6.45) is 2.36. The summed E-state index contributed by atoms with van der Waals surface area (Å²) < 4.78 is 0. The second-order valence-electron chi connectivity index (χ2n) is 5.76. The Bertz CT molecular complexity index is 658. The van der Waals surface area contributed by atoms with E-state index in [9.17, 15) is 20.6 Å². The second-order valence-corrected chi connectivity index (χ2v) is 5.76. The van der Waals surface area contributed by atoms with E-state index in [4.69, 9.17) is 5.41 Å². The van der Waals surface area contributed by atoms with Crippen LogP contribution in [0.2, 0.25) is 0 Å². The number of amides is 1. The molecule has 0 unspecified atom stereocenters. The average molecular weight is 295 g/mol. The summed E-state index contributed by atoms with van der Waals surface area (Å²) in [5.41, 5.74) is -0.916. The Labute approximate surface area is 129 Å². The van der Waals surface area contributed by atoms with Crippen LogP contribution < -0.4 is 0 Å². The predicted molar refractivity (Wildman–Crippen MR) is 78.1 cm³/mol. The van der Waals surface area contributed by atoms with E-state index in [1.54, 1.807) is 4.90 Å². The van der Waals surface area contributed by atoms with Crippen molar-refractivity contribution in [1.82, 2.24) is 4.90 Å². The molecule has 2 aliphatic rings. The Morgan fingerprint density at radius 1 is 1.45 bits per heavy atom. The molecule has 0 saturated heterocycles. The number of nitrogens with one attached hydrogen (secondary N) is 1. The molecular formula is C16H17N5O. The molecule has 3 atom stereocenters. The molecule has 1 aliphatic carbocycles. The van der Waals surface area contributed by atoms with Crippen molar-refractivity contribution >= 4 is 11.6 Å². The van der Waals surface area contributed by atoms with Gasteiger partial charge in [-0.2, -0.15) is 15.8 Å². The Morgan fingerprint density at radius 2 is 2.09 bits per heavy atom. The molecule has 112 valence electrons. The lowest BCUT2D eigenvalue weighted by atomic mass is 9.55. The third-order valence-electron chi connectivity index (χ3n) is 4.85. The minimum Gasteiger partial charge on any atom is -0.339 e. The van der Waals surface area contributed by atoms with Gasteiger partial charge in [0.1, 0.15) is 5.92 Å². The first kappa shape index (κ1) is 15.7. The first-order chi connectivity index (χ1) is 10.5. The van der Waals surface area contributed by atoms with Gasteiger partial charge < -0.3 is 10.3 Å². The highest BCUT2D eigenvalue weighted by molar-refractivity contribution is 6.00. The van der Waals surface area contributed by atoms with Gasteiger partial charge in [0.05, 0.1) is 23.9 Å². The molecular weight excluding hydrogens is 278 g/mol. The molecule has 0 bridgehead atoms. The summed E-state index contributed by atoms with van der Waals surface area (Å²) in [4.78, 5) is 13.3. The smallest absolute Gasteiger partial charge is 0.219 e. The molecule has 22 heavy (non-hydrogen) atoms. The fourth-order valence-corrected chi connectivity index (χ4v) is 3.67. The maximum atomic E-state index is 11.6. The van der Waals surface area contributed by atoms with E-state index in [0.717, 1.165) is 5.57 Å². The molecule has 6 heteroatoms. The number of hydrogen-bond acceptors (Lipinski definition) is 5. The molecule has 1 aliphatic heterocycles. The van der Waals surface area contributed by atoms with Gasteiger partial charge in [0, 0.05) is 31.8 Å². The third kappa shape index (κ3) is 1.98. The van der Waals surface area contributed by atoms with Gasteiger partial charge in [-0.1, -0.05) is 13.0 Å². The molecule has 1 saturated carbocycles. The molecule has 6 nitrogen and oxygen atoms in total.